The number of methoxy groups -OCH3 is 1. The summed E-state index contributed by atoms with van der Waals surface area (Å²) >= 11 is 0. The van der Waals surface area contributed by atoms with E-state index in [-0.39, 0.29) is 11.5 Å². The maximum absolute atomic E-state index is 12.3. The molecule has 2 aromatic rings. The van der Waals surface area contributed by atoms with Crippen LogP contribution in [-0.4, -0.2) is 18.9 Å². The second-order valence-electron chi connectivity index (χ2n) is 5.27. The summed E-state index contributed by atoms with van der Waals surface area (Å²) in [6.07, 6.45) is 1.26. The predicted molar refractivity (Wildman–Crippen MR) is 90.4 cm³/mol. The van der Waals surface area contributed by atoms with Crippen LogP contribution in [0, 0.1) is 13.8 Å². The lowest BCUT2D eigenvalue weighted by Crippen LogP contribution is -2.15. The van der Waals surface area contributed by atoms with Gasteiger partial charge >= 0.3 is 5.97 Å². The van der Waals surface area contributed by atoms with Crippen molar-refractivity contribution in [2.45, 2.75) is 13.8 Å². The number of benzene rings is 2. The summed E-state index contributed by atoms with van der Waals surface area (Å²) in [4.78, 5) is 24.2. The van der Waals surface area contributed by atoms with Gasteiger partial charge in [0.25, 0.3) is 0 Å². The first-order valence-corrected chi connectivity index (χ1v) is 7.24. The van der Waals surface area contributed by atoms with Crippen LogP contribution in [0.1, 0.15) is 21.5 Å². The maximum Gasteiger partial charge on any atom is 0.354 e. The number of hydrogen-bond donors (Lipinski definition) is 1. The first-order chi connectivity index (χ1) is 11.0. The van der Waals surface area contributed by atoms with Crippen molar-refractivity contribution < 1.29 is 14.3 Å². The quantitative estimate of drug-likeness (QED) is 0.520. The van der Waals surface area contributed by atoms with Gasteiger partial charge in [0.1, 0.15) is 5.70 Å². The third-order valence-electron chi connectivity index (χ3n) is 3.35. The van der Waals surface area contributed by atoms with Crippen molar-refractivity contribution in [2.24, 2.45) is 0 Å². The van der Waals surface area contributed by atoms with E-state index in [9.17, 15) is 9.59 Å². The number of ketones is 1. The van der Waals surface area contributed by atoms with Crippen molar-refractivity contribution in [1.29, 1.82) is 0 Å². The zero-order chi connectivity index (χ0) is 16.8. The number of allylic oxidation sites excluding steroid dienone is 1. The van der Waals surface area contributed by atoms with Crippen LogP contribution in [0.2, 0.25) is 0 Å². The number of nitrogens with one attached hydrogen (secondary N) is 1. The molecule has 23 heavy (non-hydrogen) atoms. The van der Waals surface area contributed by atoms with Gasteiger partial charge in [-0.05, 0) is 26.0 Å². The van der Waals surface area contributed by atoms with Crippen LogP contribution in [0.3, 0.4) is 0 Å². The topological polar surface area (TPSA) is 55.4 Å². The van der Waals surface area contributed by atoms with Gasteiger partial charge in [-0.3, -0.25) is 4.79 Å². The Morgan fingerprint density at radius 1 is 0.913 bits per heavy atom. The lowest BCUT2D eigenvalue weighted by atomic mass is 10.1. The van der Waals surface area contributed by atoms with Crippen molar-refractivity contribution in [3.05, 3.63) is 77.0 Å². The van der Waals surface area contributed by atoms with Gasteiger partial charge in [0.2, 0.25) is 0 Å². The minimum absolute atomic E-state index is 0.0990. The van der Waals surface area contributed by atoms with Crippen molar-refractivity contribution in [3.8, 4) is 0 Å². The smallest absolute Gasteiger partial charge is 0.354 e. The second-order valence-corrected chi connectivity index (χ2v) is 5.27. The Balaban J connectivity index is 2.26. The highest BCUT2D eigenvalue weighted by atomic mass is 16.5. The summed E-state index contributed by atoms with van der Waals surface area (Å²) in [5, 5.41) is 2.93. The molecule has 4 heteroatoms. The molecule has 0 spiro atoms. The molecule has 0 radical (unpaired) electrons. The summed E-state index contributed by atoms with van der Waals surface area (Å²) in [5.41, 5.74) is 3.50. The Kier molecular flexibility index (Phi) is 5.31. The van der Waals surface area contributed by atoms with Gasteiger partial charge in [0, 0.05) is 17.3 Å². The summed E-state index contributed by atoms with van der Waals surface area (Å²) in [6.45, 7) is 3.92. The molecular weight excluding hydrogens is 290 g/mol. The molecule has 0 fully saturated rings. The second kappa shape index (κ2) is 7.40. The van der Waals surface area contributed by atoms with Crippen LogP contribution in [-0.2, 0) is 9.53 Å². The number of esters is 1. The normalized spacial score (nSPS) is 11.0. The van der Waals surface area contributed by atoms with E-state index in [0.717, 1.165) is 11.1 Å². The molecule has 0 saturated carbocycles. The largest absolute Gasteiger partial charge is 0.464 e. The average Bonchev–Trinajstić information content (AvgIpc) is 2.56. The number of aryl methyl sites for hydroxylation is 2. The minimum Gasteiger partial charge on any atom is -0.464 e. The van der Waals surface area contributed by atoms with Crippen molar-refractivity contribution in [2.75, 3.05) is 12.4 Å². The summed E-state index contributed by atoms with van der Waals surface area (Å²) < 4.78 is 4.74. The average molecular weight is 309 g/mol. The molecular formula is C19H19NO3. The number of rotatable bonds is 5. The SMILES string of the molecule is COC(=O)/C(=C/C(=O)c1ccc(C)cc1)Nc1ccc(C)cc1. The molecule has 0 atom stereocenters. The molecule has 0 aromatic heterocycles. The number of carbonyl (C=O) groups is 2. The van der Waals surface area contributed by atoms with Crippen LogP contribution >= 0.6 is 0 Å². The van der Waals surface area contributed by atoms with Gasteiger partial charge < -0.3 is 10.1 Å². The summed E-state index contributed by atoms with van der Waals surface area (Å²) in [5.74, 6) is -0.851. The predicted octanol–water partition coefficient (Wildman–Crippen LogP) is 3.66. The zero-order valence-electron chi connectivity index (χ0n) is 13.4. The van der Waals surface area contributed by atoms with Gasteiger partial charge in [-0.1, -0.05) is 47.5 Å². The molecule has 0 heterocycles. The van der Waals surface area contributed by atoms with Crippen LogP contribution < -0.4 is 5.32 Å². The number of anilines is 1. The highest BCUT2D eigenvalue weighted by molar-refractivity contribution is 6.09. The van der Waals surface area contributed by atoms with E-state index in [4.69, 9.17) is 4.74 Å². The van der Waals surface area contributed by atoms with E-state index in [0.29, 0.717) is 11.3 Å². The Hall–Kier alpha value is -2.88. The third kappa shape index (κ3) is 4.54. The van der Waals surface area contributed by atoms with Crippen LogP contribution in [0.25, 0.3) is 0 Å². The fraction of sp³-hybridized carbons (Fsp3) is 0.158. The first kappa shape index (κ1) is 16.5. The van der Waals surface area contributed by atoms with E-state index in [1.165, 1.54) is 13.2 Å². The van der Waals surface area contributed by atoms with E-state index < -0.39 is 5.97 Å². The van der Waals surface area contributed by atoms with E-state index in [2.05, 4.69) is 5.32 Å². The monoisotopic (exact) mass is 309 g/mol. The Bertz CT molecular complexity index is 728. The van der Waals surface area contributed by atoms with Crippen molar-refractivity contribution in [3.63, 3.8) is 0 Å². The number of carbonyl (C=O) groups excluding carboxylic acids is 2. The van der Waals surface area contributed by atoms with Gasteiger partial charge in [0.15, 0.2) is 5.78 Å². The molecule has 0 unspecified atom stereocenters. The zero-order valence-corrected chi connectivity index (χ0v) is 13.4. The third-order valence-corrected chi connectivity index (χ3v) is 3.35. The molecule has 2 rings (SSSR count). The fourth-order valence-corrected chi connectivity index (χ4v) is 1.98. The maximum atomic E-state index is 12.3. The van der Waals surface area contributed by atoms with Crippen molar-refractivity contribution >= 4 is 17.4 Å². The van der Waals surface area contributed by atoms with Crippen molar-refractivity contribution in [1.82, 2.24) is 0 Å². The molecule has 2 aromatic carbocycles. The van der Waals surface area contributed by atoms with Gasteiger partial charge in [-0.2, -0.15) is 0 Å². The molecule has 118 valence electrons. The molecule has 0 aliphatic carbocycles. The van der Waals surface area contributed by atoms with Gasteiger partial charge in [-0.15, -0.1) is 0 Å². The van der Waals surface area contributed by atoms with Gasteiger partial charge in [-0.25, -0.2) is 4.79 Å². The molecule has 0 aliphatic heterocycles. The molecule has 1 N–H and O–H groups in total. The Morgan fingerprint density at radius 3 is 1.96 bits per heavy atom. The Morgan fingerprint density at radius 2 is 1.43 bits per heavy atom. The summed E-state index contributed by atoms with van der Waals surface area (Å²) in [6, 6.07) is 14.7. The standard InChI is InChI=1S/C19H19NO3/c1-13-4-8-15(9-5-13)18(21)12-17(19(22)23-3)20-16-10-6-14(2)7-11-16/h4-12,20H,1-3H3/b17-12-. The van der Waals surface area contributed by atoms with E-state index in [1.54, 1.807) is 12.1 Å². The number of ether oxygens (including phenoxy) is 1. The highest BCUT2D eigenvalue weighted by Gasteiger charge is 2.13. The highest BCUT2D eigenvalue weighted by Crippen LogP contribution is 2.13. The lowest BCUT2D eigenvalue weighted by molar-refractivity contribution is -0.135. The van der Waals surface area contributed by atoms with E-state index in [1.807, 2.05) is 50.2 Å². The van der Waals surface area contributed by atoms with E-state index >= 15 is 0 Å². The molecule has 4 nitrogen and oxygen atoms in total. The Labute approximate surface area is 135 Å². The summed E-state index contributed by atoms with van der Waals surface area (Å²) in [7, 11) is 1.28. The lowest BCUT2D eigenvalue weighted by Gasteiger charge is -2.09. The first-order valence-electron chi connectivity index (χ1n) is 7.24. The molecule has 0 aliphatic rings. The van der Waals surface area contributed by atoms with Gasteiger partial charge in [0.05, 0.1) is 7.11 Å². The fourth-order valence-electron chi connectivity index (χ4n) is 1.98. The van der Waals surface area contributed by atoms with Crippen LogP contribution in [0.15, 0.2) is 60.3 Å². The number of hydrogen-bond acceptors (Lipinski definition) is 4. The molecule has 0 saturated heterocycles. The molecule has 0 amide bonds. The van der Waals surface area contributed by atoms with Crippen LogP contribution in [0.5, 0.6) is 0 Å². The van der Waals surface area contributed by atoms with Crippen LogP contribution in [0.4, 0.5) is 5.69 Å². The molecule has 0 bridgehead atoms. The minimum atomic E-state index is -0.592.